The third-order valence-corrected chi connectivity index (χ3v) is 5.64. The van der Waals surface area contributed by atoms with E-state index in [1.807, 2.05) is 27.8 Å². The van der Waals surface area contributed by atoms with Crippen LogP contribution < -0.4 is 5.32 Å². The molecule has 0 spiro atoms. The fourth-order valence-electron chi connectivity index (χ4n) is 3.72. The average Bonchev–Trinajstić information content (AvgIpc) is 3.28. The van der Waals surface area contributed by atoms with Gasteiger partial charge in [-0.3, -0.25) is 5.32 Å². The minimum absolute atomic E-state index is 0.0408. The molecular formula is C23H35N5O. The van der Waals surface area contributed by atoms with Crippen LogP contribution in [0.2, 0.25) is 0 Å². The smallest absolute Gasteiger partial charge is 0.323 e. The van der Waals surface area contributed by atoms with Crippen LogP contribution in [0.25, 0.3) is 5.69 Å². The molecule has 0 aliphatic carbocycles. The van der Waals surface area contributed by atoms with Gasteiger partial charge >= 0.3 is 6.03 Å². The van der Waals surface area contributed by atoms with Gasteiger partial charge in [0.15, 0.2) is 0 Å². The molecule has 6 nitrogen and oxygen atoms in total. The van der Waals surface area contributed by atoms with Crippen LogP contribution >= 0.6 is 0 Å². The average molecular weight is 398 g/mol. The number of aryl methyl sites for hydroxylation is 1. The quantitative estimate of drug-likeness (QED) is 0.819. The number of carbonyl (C=O) groups is 1. The Morgan fingerprint density at radius 1 is 1.31 bits per heavy atom. The summed E-state index contributed by atoms with van der Waals surface area (Å²) in [4.78, 5) is 17.2. The highest BCUT2D eigenvalue weighted by Crippen LogP contribution is 2.27. The zero-order chi connectivity index (χ0) is 21.2. The van der Waals surface area contributed by atoms with E-state index < -0.39 is 0 Å². The molecule has 1 atom stereocenters. The zero-order valence-corrected chi connectivity index (χ0v) is 18.7. The van der Waals surface area contributed by atoms with Gasteiger partial charge in [-0.1, -0.05) is 39.8 Å². The Hall–Kier alpha value is -2.34. The predicted molar refractivity (Wildman–Crippen MR) is 119 cm³/mol. The van der Waals surface area contributed by atoms with Gasteiger partial charge in [0.2, 0.25) is 0 Å². The molecule has 6 heteroatoms. The van der Waals surface area contributed by atoms with Gasteiger partial charge in [-0.15, -0.1) is 0 Å². The number of amides is 2. The molecule has 1 aliphatic heterocycles. The summed E-state index contributed by atoms with van der Waals surface area (Å²) in [5.74, 6) is 1.26. The first-order chi connectivity index (χ1) is 13.7. The molecule has 0 bridgehead atoms. The topological polar surface area (TPSA) is 53.4 Å². The van der Waals surface area contributed by atoms with Crippen molar-refractivity contribution in [2.45, 2.75) is 46.5 Å². The molecule has 2 heterocycles. The van der Waals surface area contributed by atoms with E-state index in [1.165, 1.54) is 0 Å². The zero-order valence-electron chi connectivity index (χ0n) is 18.7. The predicted octanol–water partition coefficient (Wildman–Crippen LogP) is 4.28. The van der Waals surface area contributed by atoms with E-state index in [4.69, 9.17) is 5.10 Å². The SMILES string of the molecule is CCN(C)CC1CCN(C(=O)Nc2cc(C(C)(C)C)nn2-c2cccc(C)c2)C1. The van der Waals surface area contributed by atoms with Gasteiger partial charge in [-0.25, -0.2) is 9.48 Å². The maximum atomic E-state index is 13.0. The number of carbonyl (C=O) groups excluding carboxylic acids is 1. The van der Waals surface area contributed by atoms with Crippen LogP contribution in [0, 0.1) is 12.8 Å². The second-order valence-corrected chi connectivity index (χ2v) is 9.30. The Kier molecular flexibility index (Phi) is 6.32. The van der Waals surface area contributed by atoms with Crippen LogP contribution in [0.15, 0.2) is 30.3 Å². The van der Waals surface area contributed by atoms with Crippen LogP contribution in [0.5, 0.6) is 0 Å². The molecule has 1 fully saturated rings. The van der Waals surface area contributed by atoms with E-state index in [2.05, 4.69) is 64.0 Å². The fraction of sp³-hybridized carbons (Fsp3) is 0.565. The van der Waals surface area contributed by atoms with Crippen molar-refractivity contribution < 1.29 is 4.79 Å². The molecule has 2 aromatic rings. The third-order valence-electron chi connectivity index (χ3n) is 5.64. The lowest BCUT2D eigenvalue weighted by atomic mass is 9.92. The van der Waals surface area contributed by atoms with Gasteiger partial charge < -0.3 is 9.80 Å². The second kappa shape index (κ2) is 8.57. The van der Waals surface area contributed by atoms with E-state index in [9.17, 15) is 4.79 Å². The van der Waals surface area contributed by atoms with E-state index in [1.54, 1.807) is 0 Å². The minimum atomic E-state index is -0.0992. The molecule has 1 aliphatic rings. The Bertz CT molecular complexity index is 851. The second-order valence-electron chi connectivity index (χ2n) is 9.30. The summed E-state index contributed by atoms with van der Waals surface area (Å²) in [6.45, 7) is 14.3. The molecule has 1 unspecified atom stereocenters. The number of nitrogens with zero attached hydrogens (tertiary/aromatic N) is 4. The Balaban J connectivity index is 1.79. The van der Waals surface area contributed by atoms with Crippen LogP contribution in [0.4, 0.5) is 10.6 Å². The highest BCUT2D eigenvalue weighted by molar-refractivity contribution is 5.89. The lowest BCUT2D eigenvalue weighted by molar-refractivity contribution is 0.217. The van der Waals surface area contributed by atoms with Gasteiger partial charge in [0.05, 0.1) is 11.4 Å². The molecule has 2 amide bonds. The van der Waals surface area contributed by atoms with E-state index >= 15 is 0 Å². The number of rotatable bonds is 5. The molecule has 3 rings (SSSR count). The first kappa shape index (κ1) is 21.4. The molecular weight excluding hydrogens is 362 g/mol. The van der Waals surface area contributed by atoms with Crippen molar-refractivity contribution in [3.63, 3.8) is 0 Å². The number of hydrogen-bond acceptors (Lipinski definition) is 3. The summed E-state index contributed by atoms with van der Waals surface area (Å²) in [6.07, 6.45) is 1.06. The van der Waals surface area contributed by atoms with Crippen molar-refractivity contribution >= 4 is 11.8 Å². The van der Waals surface area contributed by atoms with Crippen molar-refractivity contribution in [2.75, 3.05) is 38.5 Å². The first-order valence-corrected chi connectivity index (χ1v) is 10.6. The lowest BCUT2D eigenvalue weighted by Gasteiger charge is -2.20. The van der Waals surface area contributed by atoms with Crippen LogP contribution in [0.1, 0.15) is 45.4 Å². The minimum Gasteiger partial charge on any atom is -0.324 e. The van der Waals surface area contributed by atoms with Gasteiger partial charge in [0.1, 0.15) is 5.82 Å². The van der Waals surface area contributed by atoms with Crippen LogP contribution in [-0.2, 0) is 5.41 Å². The third kappa shape index (κ3) is 5.18. The first-order valence-electron chi connectivity index (χ1n) is 10.6. The fourth-order valence-corrected chi connectivity index (χ4v) is 3.72. The largest absolute Gasteiger partial charge is 0.324 e. The Morgan fingerprint density at radius 2 is 2.07 bits per heavy atom. The Labute approximate surface area is 174 Å². The highest BCUT2D eigenvalue weighted by Gasteiger charge is 2.28. The molecule has 158 valence electrons. The summed E-state index contributed by atoms with van der Waals surface area (Å²) in [6, 6.07) is 10.1. The van der Waals surface area contributed by atoms with Crippen molar-refractivity contribution in [2.24, 2.45) is 5.92 Å². The van der Waals surface area contributed by atoms with E-state index in [0.717, 1.165) is 55.4 Å². The van der Waals surface area contributed by atoms with E-state index in [0.29, 0.717) is 5.92 Å². The number of hydrogen-bond donors (Lipinski definition) is 1. The van der Waals surface area contributed by atoms with Crippen LogP contribution in [-0.4, -0.2) is 58.8 Å². The number of nitrogens with one attached hydrogen (secondary N) is 1. The Morgan fingerprint density at radius 3 is 2.72 bits per heavy atom. The maximum Gasteiger partial charge on any atom is 0.323 e. The van der Waals surface area contributed by atoms with Crippen molar-refractivity contribution in [3.05, 3.63) is 41.6 Å². The number of aromatic nitrogens is 2. The molecule has 1 aromatic carbocycles. The number of anilines is 1. The summed E-state index contributed by atoms with van der Waals surface area (Å²) < 4.78 is 1.85. The summed E-state index contributed by atoms with van der Waals surface area (Å²) in [7, 11) is 2.14. The molecule has 0 radical (unpaired) electrons. The normalized spacial score (nSPS) is 17.2. The molecule has 1 saturated heterocycles. The van der Waals surface area contributed by atoms with E-state index in [-0.39, 0.29) is 11.4 Å². The maximum absolute atomic E-state index is 13.0. The monoisotopic (exact) mass is 397 g/mol. The molecule has 29 heavy (non-hydrogen) atoms. The van der Waals surface area contributed by atoms with Gasteiger partial charge in [0.25, 0.3) is 0 Å². The van der Waals surface area contributed by atoms with Gasteiger partial charge in [0, 0.05) is 31.1 Å². The van der Waals surface area contributed by atoms with Gasteiger partial charge in [-0.05, 0) is 50.6 Å². The van der Waals surface area contributed by atoms with Crippen molar-refractivity contribution in [1.82, 2.24) is 19.6 Å². The molecule has 0 saturated carbocycles. The summed E-state index contributed by atoms with van der Waals surface area (Å²) in [5, 5.41) is 7.94. The molecule has 1 aromatic heterocycles. The van der Waals surface area contributed by atoms with Crippen molar-refractivity contribution in [1.29, 1.82) is 0 Å². The molecule has 1 N–H and O–H groups in total. The number of benzene rings is 1. The van der Waals surface area contributed by atoms with Gasteiger partial charge in [-0.2, -0.15) is 5.10 Å². The lowest BCUT2D eigenvalue weighted by Crippen LogP contribution is -2.35. The standard InChI is InChI=1S/C23H35N5O/c1-7-26(6)15-18-11-12-27(16-18)22(29)24-21-14-20(23(3,4)5)25-28(21)19-10-8-9-17(2)13-19/h8-10,13-14,18H,7,11-12,15-16H2,1-6H3,(H,24,29). The van der Waals surface area contributed by atoms with Crippen LogP contribution in [0.3, 0.4) is 0 Å². The van der Waals surface area contributed by atoms with Crippen molar-refractivity contribution in [3.8, 4) is 5.69 Å². The number of urea groups is 1. The number of likely N-dealkylation sites (tertiary alicyclic amines) is 1. The highest BCUT2D eigenvalue weighted by atomic mass is 16.2. The summed E-state index contributed by atoms with van der Waals surface area (Å²) in [5.41, 5.74) is 2.98. The summed E-state index contributed by atoms with van der Waals surface area (Å²) >= 11 is 0.